The average molecular weight is 641 g/mol. The van der Waals surface area contributed by atoms with Gasteiger partial charge in [-0.1, -0.05) is 26.0 Å². The van der Waals surface area contributed by atoms with Gasteiger partial charge in [0.2, 0.25) is 5.89 Å². The number of hydrogen-bond donors (Lipinski definition) is 1. The summed E-state index contributed by atoms with van der Waals surface area (Å²) in [5, 5.41) is 14.5. The molecule has 1 amide bonds. The minimum atomic E-state index is -0.481. The third-order valence-electron chi connectivity index (χ3n) is 6.85. The van der Waals surface area contributed by atoms with Gasteiger partial charge >= 0.3 is 0 Å². The Bertz CT molecular complexity index is 2010. The van der Waals surface area contributed by atoms with Crippen molar-refractivity contribution in [2.75, 3.05) is 26.0 Å². The van der Waals surface area contributed by atoms with Gasteiger partial charge in [0.15, 0.2) is 5.58 Å². The Morgan fingerprint density at radius 3 is 2.15 bits per heavy atom. The lowest BCUT2D eigenvalue weighted by atomic mass is 9.97. The Morgan fingerprint density at radius 1 is 0.872 bits per heavy atom. The van der Waals surface area contributed by atoms with Gasteiger partial charge in [0, 0.05) is 61.0 Å². The number of nitro groups is 1. The summed E-state index contributed by atoms with van der Waals surface area (Å²) in [6, 6.07) is 21.4. The highest BCUT2D eigenvalue weighted by molar-refractivity contribution is 6.13. The second-order valence-corrected chi connectivity index (χ2v) is 9.66. The fourth-order valence-corrected chi connectivity index (χ4v) is 4.86. The molecule has 0 saturated heterocycles. The van der Waals surface area contributed by atoms with E-state index in [1.165, 1.54) is 24.3 Å². The number of benzene rings is 4. The summed E-state index contributed by atoms with van der Waals surface area (Å²) in [6.45, 7) is 8.00. The van der Waals surface area contributed by atoms with Crippen LogP contribution in [0.4, 0.5) is 15.8 Å². The zero-order valence-corrected chi connectivity index (χ0v) is 26.5. The maximum Gasteiger partial charge on any atom is 0.273 e. The molecule has 0 saturated carbocycles. The number of halogens is 1. The van der Waals surface area contributed by atoms with Crippen LogP contribution in [0.5, 0.6) is 0 Å². The molecular formula is C35H33FN4O7. The van der Waals surface area contributed by atoms with E-state index >= 15 is 0 Å². The molecule has 6 rings (SSSR count). The topological polar surface area (TPSA) is 149 Å². The molecule has 11 nitrogen and oxygen atoms in total. The summed E-state index contributed by atoms with van der Waals surface area (Å²) < 4.78 is 25.7. The number of amides is 1. The summed E-state index contributed by atoms with van der Waals surface area (Å²) >= 11 is 0. The van der Waals surface area contributed by atoms with Gasteiger partial charge in [0.1, 0.15) is 36.3 Å². The van der Waals surface area contributed by atoms with Gasteiger partial charge in [0.25, 0.3) is 11.6 Å². The molecule has 0 atom stereocenters. The summed E-state index contributed by atoms with van der Waals surface area (Å²) in [5.41, 5.74) is 5.34. The zero-order chi connectivity index (χ0) is 34.8. The first kappa shape index (κ1) is 35.3. The Kier molecular flexibility index (Phi) is 11.8. The molecule has 47 heavy (non-hydrogen) atoms. The number of nitro benzene ring substituents is 1. The zero-order valence-electron chi connectivity index (χ0n) is 26.5. The first-order chi connectivity index (χ1) is 22.7. The number of non-ortho nitro benzene ring substituents is 1. The standard InChI is InChI=1S/C31H23FN4O5.C2H6.2CH2O/c1-33-30(37)28-23-15-22(25(35(2)3)16-26(23)40-29(28)17-7-9-20(32)10-8-17)18-5-4-6-19(13-18)31-34-24-12-11-21(36(38)39)14-27(24)41-31;3*1-2/h4-16H,1-3H3,(H,33,37);1-2H3;2*1H2. The molecule has 1 N–H and O–H groups in total. The smallest absolute Gasteiger partial charge is 0.273 e. The number of carbonyl (C=O) groups excluding carboxylic acids is 3. The van der Waals surface area contributed by atoms with Crippen molar-refractivity contribution >= 4 is 52.9 Å². The molecule has 0 aliphatic carbocycles. The van der Waals surface area contributed by atoms with Crippen molar-refractivity contribution in [3.63, 3.8) is 0 Å². The van der Waals surface area contributed by atoms with Gasteiger partial charge in [0.05, 0.1) is 16.6 Å². The van der Waals surface area contributed by atoms with Crippen LogP contribution < -0.4 is 10.2 Å². The van der Waals surface area contributed by atoms with Gasteiger partial charge in [-0.05, 0) is 54.1 Å². The van der Waals surface area contributed by atoms with E-state index in [1.807, 2.05) is 82.8 Å². The number of oxazole rings is 1. The molecule has 4 aromatic carbocycles. The Hall–Kier alpha value is -6.17. The monoisotopic (exact) mass is 640 g/mol. The van der Waals surface area contributed by atoms with Crippen LogP contribution in [0.3, 0.4) is 0 Å². The number of furan rings is 1. The second kappa shape index (κ2) is 15.7. The highest BCUT2D eigenvalue weighted by Gasteiger charge is 2.24. The van der Waals surface area contributed by atoms with Crippen molar-refractivity contribution in [2.24, 2.45) is 0 Å². The Morgan fingerprint density at radius 2 is 1.53 bits per heavy atom. The van der Waals surface area contributed by atoms with Crippen molar-refractivity contribution in [2.45, 2.75) is 13.8 Å². The lowest BCUT2D eigenvalue weighted by Crippen LogP contribution is -2.18. The molecule has 0 radical (unpaired) electrons. The summed E-state index contributed by atoms with van der Waals surface area (Å²) in [5.74, 6) is -0.0557. The van der Waals surface area contributed by atoms with E-state index in [9.17, 15) is 19.3 Å². The lowest BCUT2D eigenvalue weighted by Gasteiger charge is -2.18. The van der Waals surface area contributed by atoms with Gasteiger partial charge in [-0.2, -0.15) is 0 Å². The minimum absolute atomic E-state index is 0.0788. The maximum absolute atomic E-state index is 13.6. The van der Waals surface area contributed by atoms with Gasteiger partial charge in [-0.3, -0.25) is 14.9 Å². The van der Waals surface area contributed by atoms with Crippen LogP contribution in [0.2, 0.25) is 0 Å². The van der Waals surface area contributed by atoms with Gasteiger partial charge < -0.3 is 28.6 Å². The van der Waals surface area contributed by atoms with Crippen molar-refractivity contribution in [1.82, 2.24) is 10.3 Å². The lowest BCUT2D eigenvalue weighted by molar-refractivity contribution is -0.384. The third-order valence-corrected chi connectivity index (χ3v) is 6.85. The highest BCUT2D eigenvalue weighted by atomic mass is 19.1. The van der Waals surface area contributed by atoms with E-state index in [4.69, 9.17) is 18.4 Å². The van der Waals surface area contributed by atoms with E-state index in [0.29, 0.717) is 50.4 Å². The number of carbonyl (C=O) groups is 3. The summed E-state index contributed by atoms with van der Waals surface area (Å²) in [4.78, 5) is 46.3. The fourth-order valence-electron chi connectivity index (χ4n) is 4.86. The van der Waals surface area contributed by atoms with E-state index in [2.05, 4.69) is 10.3 Å². The molecular weight excluding hydrogens is 607 g/mol. The molecule has 242 valence electrons. The largest absolute Gasteiger partial charge is 0.455 e. The summed E-state index contributed by atoms with van der Waals surface area (Å²) in [7, 11) is 5.36. The third kappa shape index (κ3) is 7.22. The van der Waals surface area contributed by atoms with Crippen LogP contribution in [0.15, 0.2) is 87.7 Å². The van der Waals surface area contributed by atoms with E-state index in [1.54, 1.807) is 25.2 Å². The minimum Gasteiger partial charge on any atom is -0.455 e. The second-order valence-electron chi connectivity index (χ2n) is 9.66. The predicted molar refractivity (Wildman–Crippen MR) is 180 cm³/mol. The summed E-state index contributed by atoms with van der Waals surface area (Å²) in [6.07, 6.45) is 0. The molecule has 0 spiro atoms. The van der Waals surface area contributed by atoms with E-state index in [0.717, 1.165) is 16.8 Å². The highest BCUT2D eigenvalue weighted by Crippen LogP contribution is 2.41. The Balaban J connectivity index is 0.000000947. The molecule has 0 unspecified atom stereocenters. The van der Waals surface area contributed by atoms with Crippen LogP contribution in [-0.4, -0.2) is 50.5 Å². The number of rotatable bonds is 6. The van der Waals surface area contributed by atoms with Crippen molar-refractivity contribution < 1.29 is 32.5 Å². The number of nitrogens with zero attached hydrogens (tertiary/aromatic N) is 3. The molecule has 0 fully saturated rings. The number of nitrogens with one attached hydrogen (secondary N) is 1. The maximum atomic E-state index is 13.6. The fraction of sp³-hybridized carbons (Fsp3) is 0.143. The number of anilines is 1. The molecule has 0 aliphatic heterocycles. The molecule has 12 heteroatoms. The quantitative estimate of drug-likeness (QED) is 0.143. The first-order valence-corrected chi connectivity index (χ1v) is 14.2. The molecule has 2 aromatic heterocycles. The average Bonchev–Trinajstić information content (AvgIpc) is 3.71. The van der Waals surface area contributed by atoms with E-state index in [-0.39, 0.29) is 17.4 Å². The van der Waals surface area contributed by atoms with Crippen LogP contribution in [0, 0.1) is 15.9 Å². The van der Waals surface area contributed by atoms with Crippen LogP contribution >= 0.6 is 0 Å². The molecule has 6 aromatic rings. The van der Waals surface area contributed by atoms with Crippen LogP contribution in [0.1, 0.15) is 24.2 Å². The van der Waals surface area contributed by atoms with Crippen molar-refractivity contribution in [3.05, 3.63) is 100 Å². The SMILES string of the molecule is C=O.C=O.CC.CNC(=O)c1c(-c2ccc(F)cc2)oc2cc(N(C)C)c(-c3cccc(-c4nc5ccc([N+](=O)[O-])cc5o4)c3)cc12. The predicted octanol–water partition coefficient (Wildman–Crippen LogP) is 7.70. The molecule has 2 heterocycles. The normalized spacial score (nSPS) is 10.1. The van der Waals surface area contributed by atoms with Gasteiger partial charge in [-0.25, -0.2) is 9.37 Å². The number of aromatic nitrogens is 1. The van der Waals surface area contributed by atoms with Gasteiger partial charge in [-0.15, -0.1) is 0 Å². The molecule has 0 aliphatic rings. The Labute approximate surface area is 269 Å². The van der Waals surface area contributed by atoms with Crippen molar-refractivity contribution in [3.8, 4) is 33.9 Å². The van der Waals surface area contributed by atoms with Crippen LogP contribution in [0.25, 0.3) is 56.0 Å². The van der Waals surface area contributed by atoms with Crippen LogP contribution in [-0.2, 0) is 9.59 Å². The van der Waals surface area contributed by atoms with E-state index < -0.39 is 4.92 Å². The number of fused-ring (bicyclic) bond motifs is 2. The first-order valence-electron chi connectivity index (χ1n) is 14.2. The number of hydrogen-bond acceptors (Lipinski definition) is 9. The van der Waals surface area contributed by atoms with Crippen molar-refractivity contribution in [1.29, 1.82) is 0 Å². The molecule has 0 bridgehead atoms.